The standard InChI is InChI=1S/C17H22ClN3O2/c1-9-2-5-13(12(18)6-9)21-14(22)8-20-17(23)15-10-3-4-11(7-10)16(15)19/h2,5-6,10-11,15-16H,3-4,7-8,19H2,1H3,(H,20,23)(H,21,22). The molecule has 2 aliphatic carbocycles. The molecule has 4 N–H and O–H groups in total. The molecule has 2 bridgehead atoms. The maximum Gasteiger partial charge on any atom is 0.243 e. The molecule has 0 aliphatic heterocycles. The molecule has 3 rings (SSSR count). The Bertz CT molecular complexity index is 632. The molecule has 0 spiro atoms. The molecule has 2 amide bonds. The van der Waals surface area contributed by atoms with Gasteiger partial charge in [-0.05, 0) is 55.7 Å². The van der Waals surface area contributed by atoms with E-state index in [2.05, 4.69) is 10.6 Å². The van der Waals surface area contributed by atoms with E-state index < -0.39 is 0 Å². The van der Waals surface area contributed by atoms with Gasteiger partial charge in [0.1, 0.15) is 0 Å². The topological polar surface area (TPSA) is 84.2 Å². The number of nitrogens with two attached hydrogens (primary N) is 1. The Hall–Kier alpha value is -1.59. The summed E-state index contributed by atoms with van der Waals surface area (Å²) in [5.74, 6) is 0.306. The number of carbonyl (C=O) groups is 2. The van der Waals surface area contributed by atoms with Crippen LogP contribution in [0, 0.1) is 24.7 Å². The number of halogens is 1. The minimum atomic E-state index is -0.291. The van der Waals surface area contributed by atoms with Crippen LogP contribution in [0.25, 0.3) is 0 Å². The average molecular weight is 336 g/mol. The Morgan fingerprint density at radius 3 is 2.70 bits per heavy atom. The molecule has 124 valence electrons. The van der Waals surface area contributed by atoms with E-state index in [1.165, 1.54) is 0 Å². The van der Waals surface area contributed by atoms with E-state index in [1.807, 2.05) is 13.0 Å². The van der Waals surface area contributed by atoms with Gasteiger partial charge in [0.15, 0.2) is 0 Å². The van der Waals surface area contributed by atoms with E-state index >= 15 is 0 Å². The van der Waals surface area contributed by atoms with E-state index in [1.54, 1.807) is 12.1 Å². The molecule has 0 aromatic heterocycles. The van der Waals surface area contributed by atoms with Crippen molar-refractivity contribution in [3.8, 4) is 0 Å². The molecule has 6 heteroatoms. The second kappa shape index (κ2) is 6.49. The fourth-order valence-corrected chi connectivity index (χ4v) is 4.21. The fourth-order valence-electron chi connectivity index (χ4n) is 3.93. The van der Waals surface area contributed by atoms with E-state index in [-0.39, 0.29) is 30.3 Å². The Morgan fingerprint density at radius 2 is 2.04 bits per heavy atom. The van der Waals surface area contributed by atoms with Gasteiger partial charge in [-0.1, -0.05) is 17.7 Å². The number of hydrogen-bond donors (Lipinski definition) is 3. The van der Waals surface area contributed by atoms with Crippen molar-refractivity contribution in [2.45, 2.75) is 32.2 Å². The smallest absolute Gasteiger partial charge is 0.243 e. The Kier molecular flexibility index (Phi) is 4.60. The van der Waals surface area contributed by atoms with Gasteiger partial charge in [0.05, 0.1) is 23.2 Å². The van der Waals surface area contributed by atoms with Gasteiger partial charge < -0.3 is 16.4 Å². The molecule has 2 aliphatic rings. The summed E-state index contributed by atoms with van der Waals surface area (Å²) >= 11 is 6.08. The lowest BCUT2D eigenvalue weighted by molar-refractivity contribution is -0.129. The molecule has 0 radical (unpaired) electrons. The first kappa shape index (κ1) is 16.3. The third kappa shape index (κ3) is 3.35. The van der Waals surface area contributed by atoms with Crippen molar-refractivity contribution in [3.63, 3.8) is 0 Å². The van der Waals surface area contributed by atoms with Crippen molar-refractivity contribution >= 4 is 29.1 Å². The van der Waals surface area contributed by atoms with Crippen LogP contribution in [-0.4, -0.2) is 24.4 Å². The minimum Gasteiger partial charge on any atom is -0.347 e. The van der Waals surface area contributed by atoms with E-state index in [0.717, 1.165) is 24.8 Å². The molecule has 4 unspecified atom stereocenters. The number of carbonyl (C=O) groups excluding carboxylic acids is 2. The van der Waals surface area contributed by atoms with Gasteiger partial charge in [0.25, 0.3) is 0 Å². The number of anilines is 1. The van der Waals surface area contributed by atoms with Crippen LogP contribution in [0.2, 0.25) is 5.02 Å². The third-order valence-electron chi connectivity index (χ3n) is 5.11. The summed E-state index contributed by atoms with van der Waals surface area (Å²) < 4.78 is 0. The van der Waals surface area contributed by atoms with E-state index in [0.29, 0.717) is 22.5 Å². The van der Waals surface area contributed by atoms with E-state index in [4.69, 9.17) is 17.3 Å². The molecule has 2 fully saturated rings. The largest absolute Gasteiger partial charge is 0.347 e. The Labute approximate surface area is 141 Å². The predicted octanol–water partition coefficient (Wildman–Crippen LogP) is 2.08. The fraction of sp³-hybridized carbons (Fsp3) is 0.529. The summed E-state index contributed by atoms with van der Waals surface area (Å²) in [4.78, 5) is 24.3. The van der Waals surface area contributed by atoms with Gasteiger partial charge in [-0.2, -0.15) is 0 Å². The second-order valence-electron chi connectivity index (χ2n) is 6.69. The molecule has 23 heavy (non-hydrogen) atoms. The number of aryl methyl sites for hydroxylation is 1. The van der Waals surface area contributed by atoms with Crippen LogP contribution in [-0.2, 0) is 9.59 Å². The number of rotatable bonds is 4. The summed E-state index contributed by atoms with van der Waals surface area (Å²) in [6.07, 6.45) is 3.24. The van der Waals surface area contributed by atoms with Crippen LogP contribution in [0.15, 0.2) is 18.2 Å². The van der Waals surface area contributed by atoms with Crippen molar-refractivity contribution in [2.24, 2.45) is 23.5 Å². The van der Waals surface area contributed by atoms with Crippen LogP contribution < -0.4 is 16.4 Å². The molecule has 0 heterocycles. The number of nitrogens with one attached hydrogen (secondary N) is 2. The van der Waals surface area contributed by atoms with Crippen LogP contribution >= 0.6 is 11.6 Å². The summed E-state index contributed by atoms with van der Waals surface area (Å²) in [6, 6.07) is 5.34. The highest BCUT2D eigenvalue weighted by Gasteiger charge is 2.48. The Balaban J connectivity index is 1.52. The molecule has 4 atom stereocenters. The molecule has 0 saturated heterocycles. The van der Waals surface area contributed by atoms with Crippen molar-refractivity contribution in [3.05, 3.63) is 28.8 Å². The van der Waals surface area contributed by atoms with Crippen molar-refractivity contribution in [1.82, 2.24) is 5.32 Å². The van der Waals surface area contributed by atoms with Crippen LogP contribution in [0.3, 0.4) is 0 Å². The monoisotopic (exact) mass is 335 g/mol. The van der Waals surface area contributed by atoms with Gasteiger partial charge in [-0.25, -0.2) is 0 Å². The van der Waals surface area contributed by atoms with Gasteiger partial charge in [-0.3, -0.25) is 9.59 Å². The van der Waals surface area contributed by atoms with Gasteiger partial charge >= 0.3 is 0 Å². The minimum absolute atomic E-state index is 0.0658. The van der Waals surface area contributed by atoms with E-state index in [9.17, 15) is 9.59 Å². The first-order valence-electron chi connectivity index (χ1n) is 8.05. The second-order valence-corrected chi connectivity index (χ2v) is 7.09. The normalized spacial score (nSPS) is 28.7. The van der Waals surface area contributed by atoms with Crippen molar-refractivity contribution < 1.29 is 9.59 Å². The number of hydrogen-bond acceptors (Lipinski definition) is 3. The molecule has 1 aromatic carbocycles. The average Bonchev–Trinajstić information content (AvgIpc) is 3.08. The SMILES string of the molecule is Cc1ccc(NC(=O)CNC(=O)C2C3CCC(C3)C2N)c(Cl)c1. The summed E-state index contributed by atoms with van der Waals surface area (Å²) in [7, 11) is 0. The third-order valence-corrected chi connectivity index (χ3v) is 5.42. The van der Waals surface area contributed by atoms with Crippen LogP contribution in [0.5, 0.6) is 0 Å². The van der Waals surface area contributed by atoms with Crippen molar-refractivity contribution in [2.75, 3.05) is 11.9 Å². The van der Waals surface area contributed by atoms with Crippen LogP contribution in [0.4, 0.5) is 5.69 Å². The molecular weight excluding hydrogens is 314 g/mol. The zero-order valence-electron chi connectivity index (χ0n) is 13.1. The molecular formula is C17H22ClN3O2. The van der Waals surface area contributed by atoms with Gasteiger partial charge in [0.2, 0.25) is 11.8 Å². The Morgan fingerprint density at radius 1 is 1.30 bits per heavy atom. The lowest BCUT2D eigenvalue weighted by atomic mass is 9.84. The number of benzene rings is 1. The zero-order valence-corrected chi connectivity index (χ0v) is 13.9. The summed E-state index contributed by atoms with van der Waals surface area (Å²) in [5.41, 5.74) is 7.72. The van der Waals surface area contributed by atoms with Crippen molar-refractivity contribution in [1.29, 1.82) is 0 Å². The lowest BCUT2D eigenvalue weighted by Gasteiger charge is -2.26. The molecule has 1 aromatic rings. The molecule has 5 nitrogen and oxygen atoms in total. The maximum atomic E-state index is 12.3. The summed E-state index contributed by atoms with van der Waals surface area (Å²) in [6.45, 7) is 1.86. The van der Waals surface area contributed by atoms with Crippen LogP contribution in [0.1, 0.15) is 24.8 Å². The number of amides is 2. The predicted molar refractivity (Wildman–Crippen MR) is 90.1 cm³/mol. The highest BCUT2D eigenvalue weighted by molar-refractivity contribution is 6.33. The molecule has 2 saturated carbocycles. The number of fused-ring (bicyclic) bond motifs is 2. The zero-order chi connectivity index (χ0) is 16.6. The first-order valence-corrected chi connectivity index (χ1v) is 8.43. The first-order chi connectivity index (χ1) is 11.0. The quantitative estimate of drug-likeness (QED) is 0.787. The van der Waals surface area contributed by atoms with Gasteiger partial charge in [-0.15, -0.1) is 0 Å². The lowest BCUT2D eigenvalue weighted by Crippen LogP contribution is -2.46. The maximum absolute atomic E-state index is 12.3. The summed E-state index contributed by atoms with van der Waals surface area (Å²) in [5, 5.41) is 5.91. The highest BCUT2D eigenvalue weighted by atomic mass is 35.5. The van der Waals surface area contributed by atoms with Gasteiger partial charge in [0, 0.05) is 6.04 Å². The highest BCUT2D eigenvalue weighted by Crippen LogP contribution is 2.47.